The van der Waals surface area contributed by atoms with Crippen molar-refractivity contribution in [3.05, 3.63) is 23.2 Å². The summed E-state index contributed by atoms with van der Waals surface area (Å²) in [6.07, 6.45) is -0.725. The average Bonchev–Trinajstić information content (AvgIpc) is 2.36. The van der Waals surface area contributed by atoms with Crippen LogP contribution in [0.25, 0.3) is 0 Å². The maximum absolute atomic E-state index is 11.6. The van der Waals surface area contributed by atoms with E-state index in [4.69, 9.17) is 21.4 Å². The molecule has 19 heavy (non-hydrogen) atoms. The number of hydrogen-bond acceptors (Lipinski definition) is 4. The molecule has 0 unspecified atom stereocenters. The number of carbonyl (C=O) groups is 2. The van der Waals surface area contributed by atoms with Gasteiger partial charge in [-0.25, -0.2) is 0 Å². The van der Waals surface area contributed by atoms with Crippen molar-refractivity contribution in [2.75, 3.05) is 19.0 Å². The SMILES string of the molecule is COc1ccc(Cl)cc1NC(=O)C(=O)NC[C@H](C)O. The first kappa shape index (κ1) is 15.3. The van der Waals surface area contributed by atoms with Crippen LogP contribution in [-0.4, -0.2) is 36.7 Å². The molecule has 6 nitrogen and oxygen atoms in total. The number of methoxy groups -OCH3 is 1. The largest absolute Gasteiger partial charge is 0.495 e. The summed E-state index contributed by atoms with van der Waals surface area (Å²) in [5, 5.41) is 14.1. The molecule has 1 rings (SSSR count). The number of benzene rings is 1. The first-order valence-electron chi connectivity index (χ1n) is 5.54. The Morgan fingerprint density at radius 2 is 2.11 bits per heavy atom. The fraction of sp³-hybridized carbons (Fsp3) is 0.333. The third kappa shape index (κ3) is 4.76. The quantitative estimate of drug-likeness (QED) is 0.714. The standard InChI is InChI=1S/C12H15ClN2O4/c1-7(16)6-14-11(17)12(18)15-9-5-8(13)3-4-10(9)19-2/h3-5,7,16H,6H2,1-2H3,(H,14,17)(H,15,18)/t7-/m0/s1. The highest BCUT2D eigenvalue weighted by Gasteiger charge is 2.16. The minimum absolute atomic E-state index is 0.00106. The van der Waals surface area contributed by atoms with Gasteiger partial charge in [0.05, 0.1) is 18.9 Å². The molecule has 0 saturated carbocycles. The lowest BCUT2D eigenvalue weighted by Crippen LogP contribution is -2.38. The van der Waals surface area contributed by atoms with Crippen molar-refractivity contribution in [2.45, 2.75) is 13.0 Å². The van der Waals surface area contributed by atoms with Crippen LogP contribution in [0.1, 0.15) is 6.92 Å². The average molecular weight is 287 g/mol. The predicted molar refractivity (Wildman–Crippen MR) is 71.3 cm³/mol. The molecular weight excluding hydrogens is 272 g/mol. The first-order chi connectivity index (χ1) is 8.93. The fourth-order valence-corrected chi connectivity index (χ4v) is 1.45. The maximum Gasteiger partial charge on any atom is 0.313 e. The van der Waals surface area contributed by atoms with Crippen LogP contribution in [0.15, 0.2) is 18.2 Å². The molecule has 1 aromatic rings. The number of aliphatic hydroxyl groups is 1. The molecular formula is C12H15ClN2O4. The molecule has 0 spiro atoms. The van der Waals surface area contributed by atoms with Crippen LogP contribution in [0.3, 0.4) is 0 Å². The number of nitrogens with one attached hydrogen (secondary N) is 2. The van der Waals surface area contributed by atoms with Crippen LogP contribution in [0.2, 0.25) is 5.02 Å². The molecule has 0 radical (unpaired) electrons. The van der Waals surface area contributed by atoms with Gasteiger partial charge >= 0.3 is 11.8 Å². The molecule has 0 heterocycles. The number of carbonyl (C=O) groups excluding carboxylic acids is 2. The van der Waals surface area contributed by atoms with Crippen molar-refractivity contribution in [1.29, 1.82) is 0 Å². The van der Waals surface area contributed by atoms with E-state index >= 15 is 0 Å². The van der Waals surface area contributed by atoms with Crippen molar-refractivity contribution in [3.8, 4) is 5.75 Å². The van der Waals surface area contributed by atoms with Gasteiger partial charge < -0.3 is 20.5 Å². The minimum Gasteiger partial charge on any atom is -0.495 e. The van der Waals surface area contributed by atoms with Crippen molar-refractivity contribution in [1.82, 2.24) is 5.32 Å². The molecule has 0 aliphatic carbocycles. The summed E-state index contributed by atoms with van der Waals surface area (Å²) < 4.78 is 5.03. The molecule has 0 aliphatic rings. The monoisotopic (exact) mass is 286 g/mol. The van der Waals surface area contributed by atoms with E-state index in [1.54, 1.807) is 12.1 Å². The van der Waals surface area contributed by atoms with Gasteiger partial charge in [-0.1, -0.05) is 11.6 Å². The van der Waals surface area contributed by atoms with Crippen molar-refractivity contribution < 1.29 is 19.4 Å². The van der Waals surface area contributed by atoms with Gasteiger partial charge in [0.15, 0.2) is 0 Å². The molecule has 104 valence electrons. The molecule has 7 heteroatoms. The van der Waals surface area contributed by atoms with E-state index in [2.05, 4.69) is 10.6 Å². The second kappa shape index (κ2) is 6.96. The number of amides is 2. The molecule has 1 aromatic carbocycles. The maximum atomic E-state index is 11.6. The molecule has 0 aromatic heterocycles. The molecule has 0 bridgehead atoms. The van der Waals surface area contributed by atoms with E-state index in [-0.39, 0.29) is 6.54 Å². The Balaban J connectivity index is 2.71. The van der Waals surface area contributed by atoms with E-state index in [0.29, 0.717) is 16.5 Å². The van der Waals surface area contributed by atoms with Gasteiger partial charge in [0, 0.05) is 11.6 Å². The summed E-state index contributed by atoms with van der Waals surface area (Å²) >= 11 is 5.80. The Morgan fingerprint density at radius 1 is 1.42 bits per heavy atom. The van der Waals surface area contributed by atoms with Crippen LogP contribution in [-0.2, 0) is 9.59 Å². The third-order valence-electron chi connectivity index (χ3n) is 2.17. The van der Waals surface area contributed by atoms with Crippen molar-refractivity contribution in [2.24, 2.45) is 0 Å². The molecule has 0 saturated heterocycles. The van der Waals surface area contributed by atoms with Gasteiger partial charge in [-0.3, -0.25) is 9.59 Å². The van der Waals surface area contributed by atoms with Gasteiger partial charge in [-0.05, 0) is 25.1 Å². The predicted octanol–water partition coefficient (Wildman–Crippen LogP) is 0.784. The van der Waals surface area contributed by atoms with E-state index < -0.39 is 17.9 Å². The zero-order valence-electron chi connectivity index (χ0n) is 10.6. The third-order valence-corrected chi connectivity index (χ3v) is 2.41. The number of ether oxygens (including phenoxy) is 1. The number of aliphatic hydroxyl groups excluding tert-OH is 1. The second-order valence-electron chi connectivity index (χ2n) is 3.86. The van der Waals surface area contributed by atoms with Gasteiger partial charge in [-0.15, -0.1) is 0 Å². The Kier molecular flexibility index (Phi) is 5.59. The van der Waals surface area contributed by atoms with E-state index in [9.17, 15) is 9.59 Å². The van der Waals surface area contributed by atoms with Gasteiger partial charge in [0.2, 0.25) is 0 Å². The first-order valence-corrected chi connectivity index (χ1v) is 5.92. The summed E-state index contributed by atoms with van der Waals surface area (Å²) in [4.78, 5) is 23.0. The smallest absolute Gasteiger partial charge is 0.313 e. The summed E-state index contributed by atoms with van der Waals surface area (Å²) in [5.41, 5.74) is 0.298. The minimum atomic E-state index is -0.860. The summed E-state index contributed by atoms with van der Waals surface area (Å²) in [6.45, 7) is 1.50. The molecule has 3 N–H and O–H groups in total. The highest BCUT2D eigenvalue weighted by Crippen LogP contribution is 2.27. The summed E-state index contributed by atoms with van der Waals surface area (Å²) in [5.74, 6) is -1.31. The summed E-state index contributed by atoms with van der Waals surface area (Å²) in [6, 6.07) is 4.65. The van der Waals surface area contributed by atoms with Gasteiger partial charge in [0.25, 0.3) is 0 Å². The number of hydrogen-bond donors (Lipinski definition) is 3. The van der Waals surface area contributed by atoms with E-state index in [0.717, 1.165) is 0 Å². The molecule has 0 aliphatic heterocycles. The van der Waals surface area contributed by atoms with E-state index in [1.165, 1.54) is 20.1 Å². The van der Waals surface area contributed by atoms with Gasteiger partial charge in [-0.2, -0.15) is 0 Å². The van der Waals surface area contributed by atoms with Crippen LogP contribution in [0.5, 0.6) is 5.75 Å². The Bertz CT molecular complexity index is 477. The van der Waals surface area contributed by atoms with Crippen molar-refractivity contribution in [3.63, 3.8) is 0 Å². The topological polar surface area (TPSA) is 87.7 Å². The molecule has 1 atom stereocenters. The zero-order valence-corrected chi connectivity index (χ0v) is 11.3. The highest BCUT2D eigenvalue weighted by molar-refractivity contribution is 6.40. The molecule has 0 fully saturated rings. The summed E-state index contributed by atoms with van der Waals surface area (Å²) in [7, 11) is 1.44. The van der Waals surface area contributed by atoms with Crippen LogP contribution in [0, 0.1) is 0 Å². The van der Waals surface area contributed by atoms with Crippen LogP contribution >= 0.6 is 11.6 Å². The van der Waals surface area contributed by atoms with Gasteiger partial charge in [0.1, 0.15) is 5.75 Å². The lowest BCUT2D eigenvalue weighted by Gasteiger charge is -2.11. The van der Waals surface area contributed by atoms with Crippen molar-refractivity contribution >= 4 is 29.1 Å². The Hall–Kier alpha value is -1.79. The number of rotatable bonds is 4. The highest BCUT2D eigenvalue weighted by atomic mass is 35.5. The van der Waals surface area contributed by atoms with Crippen LogP contribution in [0.4, 0.5) is 5.69 Å². The lowest BCUT2D eigenvalue weighted by molar-refractivity contribution is -0.136. The Labute approximate surface area is 115 Å². The number of anilines is 1. The lowest BCUT2D eigenvalue weighted by atomic mass is 10.3. The van der Waals surface area contributed by atoms with Crippen LogP contribution < -0.4 is 15.4 Å². The molecule has 2 amide bonds. The normalized spacial score (nSPS) is 11.6. The zero-order chi connectivity index (χ0) is 14.4. The second-order valence-corrected chi connectivity index (χ2v) is 4.29. The Morgan fingerprint density at radius 3 is 2.68 bits per heavy atom. The van der Waals surface area contributed by atoms with E-state index in [1.807, 2.05) is 0 Å². The number of halogens is 1. The fourth-order valence-electron chi connectivity index (χ4n) is 1.28.